The van der Waals surface area contributed by atoms with Gasteiger partial charge < -0.3 is 10.1 Å². The third-order valence-electron chi connectivity index (χ3n) is 3.59. The molecule has 4 nitrogen and oxygen atoms in total. The molecule has 1 aromatic rings. The van der Waals surface area contributed by atoms with Gasteiger partial charge in [0.15, 0.2) is 0 Å². The van der Waals surface area contributed by atoms with Crippen molar-refractivity contribution in [2.75, 3.05) is 13.2 Å². The van der Waals surface area contributed by atoms with Gasteiger partial charge in [-0.15, -0.1) is 0 Å². The van der Waals surface area contributed by atoms with Gasteiger partial charge in [-0.1, -0.05) is 18.2 Å². The van der Waals surface area contributed by atoms with Crippen molar-refractivity contribution < 1.29 is 18.7 Å². The Labute approximate surface area is 123 Å². The molecule has 0 radical (unpaired) electrons. The van der Waals surface area contributed by atoms with Crippen LogP contribution < -0.4 is 5.32 Å². The monoisotopic (exact) mass is 293 g/mol. The maximum Gasteiger partial charge on any atom is 0.305 e. The van der Waals surface area contributed by atoms with Crippen molar-refractivity contribution in [1.29, 1.82) is 0 Å². The van der Waals surface area contributed by atoms with Crippen LogP contribution in [0.2, 0.25) is 0 Å². The van der Waals surface area contributed by atoms with Gasteiger partial charge in [0, 0.05) is 18.9 Å². The molecule has 0 spiro atoms. The lowest BCUT2D eigenvalue weighted by molar-refractivity contribution is -0.143. The van der Waals surface area contributed by atoms with Crippen LogP contribution in [0.1, 0.15) is 37.7 Å². The van der Waals surface area contributed by atoms with Crippen LogP contribution in [-0.2, 0) is 14.3 Å². The first kappa shape index (κ1) is 15.5. The second-order valence-corrected chi connectivity index (χ2v) is 5.17. The molecule has 0 heterocycles. The van der Waals surface area contributed by atoms with E-state index in [-0.39, 0.29) is 29.5 Å². The van der Waals surface area contributed by atoms with Crippen LogP contribution in [0, 0.1) is 11.7 Å². The van der Waals surface area contributed by atoms with Crippen molar-refractivity contribution in [3.05, 3.63) is 35.6 Å². The number of nitrogens with one attached hydrogen (secondary N) is 1. The number of ether oxygens (including phenoxy) is 1. The van der Waals surface area contributed by atoms with E-state index < -0.39 is 0 Å². The summed E-state index contributed by atoms with van der Waals surface area (Å²) in [6.45, 7) is 2.57. The van der Waals surface area contributed by atoms with Crippen LogP contribution in [0.3, 0.4) is 0 Å². The van der Waals surface area contributed by atoms with Crippen LogP contribution in [0.25, 0.3) is 0 Å². The van der Waals surface area contributed by atoms with E-state index in [0.29, 0.717) is 38.0 Å². The summed E-state index contributed by atoms with van der Waals surface area (Å²) in [5, 5.41) is 2.79. The van der Waals surface area contributed by atoms with Gasteiger partial charge in [-0.3, -0.25) is 9.59 Å². The van der Waals surface area contributed by atoms with E-state index in [1.54, 1.807) is 25.1 Å². The second kappa shape index (κ2) is 7.20. The number of esters is 1. The summed E-state index contributed by atoms with van der Waals surface area (Å²) < 4.78 is 18.4. The van der Waals surface area contributed by atoms with Crippen LogP contribution >= 0.6 is 0 Å². The normalized spacial score (nSPS) is 19.9. The molecule has 5 heteroatoms. The summed E-state index contributed by atoms with van der Waals surface area (Å²) in [5.41, 5.74) is 0.615. The Morgan fingerprint density at radius 1 is 1.38 bits per heavy atom. The molecule has 1 saturated carbocycles. The fraction of sp³-hybridized carbons (Fsp3) is 0.500. The molecule has 2 unspecified atom stereocenters. The highest BCUT2D eigenvalue weighted by Crippen LogP contribution is 2.48. The molecule has 1 aliphatic carbocycles. The Morgan fingerprint density at radius 3 is 2.86 bits per heavy atom. The molecular formula is C16H20FNO3. The topological polar surface area (TPSA) is 55.4 Å². The van der Waals surface area contributed by atoms with E-state index in [0.717, 1.165) is 0 Å². The Bertz CT molecular complexity index is 518. The highest BCUT2D eigenvalue weighted by Gasteiger charge is 2.44. The SMILES string of the molecule is CCOC(=O)CCCNC(=O)C1CC1c1ccccc1F. The fourth-order valence-corrected chi connectivity index (χ4v) is 2.41. The van der Waals surface area contributed by atoms with Crippen molar-refractivity contribution in [3.63, 3.8) is 0 Å². The van der Waals surface area contributed by atoms with Crippen molar-refractivity contribution in [1.82, 2.24) is 5.32 Å². The first-order valence-electron chi connectivity index (χ1n) is 7.31. The number of carbonyl (C=O) groups is 2. The first-order chi connectivity index (χ1) is 10.1. The van der Waals surface area contributed by atoms with Gasteiger partial charge in [-0.2, -0.15) is 0 Å². The van der Waals surface area contributed by atoms with Crippen LogP contribution in [0.15, 0.2) is 24.3 Å². The summed E-state index contributed by atoms with van der Waals surface area (Å²) in [6, 6.07) is 6.58. The quantitative estimate of drug-likeness (QED) is 0.620. The molecule has 21 heavy (non-hydrogen) atoms. The minimum Gasteiger partial charge on any atom is -0.466 e. The fourth-order valence-electron chi connectivity index (χ4n) is 2.41. The molecule has 1 aromatic carbocycles. The molecule has 1 amide bonds. The molecular weight excluding hydrogens is 273 g/mol. The van der Waals surface area contributed by atoms with E-state index in [9.17, 15) is 14.0 Å². The summed E-state index contributed by atoms with van der Waals surface area (Å²) >= 11 is 0. The van der Waals surface area contributed by atoms with Gasteiger partial charge in [-0.05, 0) is 37.3 Å². The Balaban J connectivity index is 1.69. The van der Waals surface area contributed by atoms with Gasteiger partial charge in [0.2, 0.25) is 5.91 Å². The van der Waals surface area contributed by atoms with Gasteiger partial charge in [0.1, 0.15) is 5.82 Å². The van der Waals surface area contributed by atoms with E-state index in [2.05, 4.69) is 5.32 Å². The van der Waals surface area contributed by atoms with Crippen LogP contribution in [0.5, 0.6) is 0 Å². The van der Waals surface area contributed by atoms with Crippen molar-refractivity contribution in [3.8, 4) is 0 Å². The summed E-state index contributed by atoms with van der Waals surface area (Å²) in [4.78, 5) is 23.1. The zero-order valence-corrected chi connectivity index (χ0v) is 12.1. The van der Waals surface area contributed by atoms with E-state index >= 15 is 0 Å². The number of halogens is 1. The summed E-state index contributed by atoms with van der Waals surface area (Å²) in [7, 11) is 0. The Morgan fingerprint density at radius 2 is 2.14 bits per heavy atom. The van der Waals surface area contributed by atoms with Gasteiger partial charge in [0.05, 0.1) is 6.61 Å². The zero-order valence-electron chi connectivity index (χ0n) is 12.1. The number of hydrogen-bond acceptors (Lipinski definition) is 3. The first-order valence-corrected chi connectivity index (χ1v) is 7.31. The summed E-state index contributed by atoms with van der Waals surface area (Å²) in [5.74, 6) is -0.727. The standard InChI is InChI=1S/C16H20FNO3/c1-2-21-15(19)8-5-9-18-16(20)13-10-12(13)11-6-3-4-7-14(11)17/h3-4,6-7,12-13H,2,5,8-10H2,1H3,(H,18,20). The minimum atomic E-state index is -0.250. The molecule has 0 aliphatic heterocycles. The van der Waals surface area contributed by atoms with Gasteiger partial charge in [0.25, 0.3) is 0 Å². The number of hydrogen-bond donors (Lipinski definition) is 1. The number of amides is 1. The summed E-state index contributed by atoms with van der Waals surface area (Å²) in [6.07, 6.45) is 1.54. The number of carbonyl (C=O) groups excluding carboxylic acids is 2. The lowest BCUT2D eigenvalue weighted by Crippen LogP contribution is -2.27. The van der Waals surface area contributed by atoms with Crippen molar-refractivity contribution in [2.45, 2.75) is 32.1 Å². The van der Waals surface area contributed by atoms with Crippen LogP contribution in [-0.4, -0.2) is 25.0 Å². The van der Waals surface area contributed by atoms with Gasteiger partial charge in [-0.25, -0.2) is 4.39 Å². The average molecular weight is 293 g/mol. The lowest BCUT2D eigenvalue weighted by Gasteiger charge is -2.05. The van der Waals surface area contributed by atoms with Crippen molar-refractivity contribution in [2.24, 2.45) is 5.92 Å². The highest BCUT2D eigenvalue weighted by atomic mass is 19.1. The number of rotatable bonds is 7. The highest BCUT2D eigenvalue weighted by molar-refractivity contribution is 5.82. The third-order valence-corrected chi connectivity index (χ3v) is 3.59. The predicted molar refractivity (Wildman–Crippen MR) is 76.1 cm³/mol. The average Bonchev–Trinajstić information content (AvgIpc) is 3.24. The molecule has 2 atom stereocenters. The van der Waals surface area contributed by atoms with Gasteiger partial charge >= 0.3 is 5.97 Å². The third kappa shape index (κ3) is 4.28. The maximum atomic E-state index is 13.6. The molecule has 1 fully saturated rings. The zero-order chi connectivity index (χ0) is 15.2. The number of benzene rings is 1. The predicted octanol–water partition coefficient (Wildman–Crippen LogP) is 2.39. The molecule has 2 rings (SSSR count). The molecule has 114 valence electrons. The maximum absolute atomic E-state index is 13.6. The Kier molecular flexibility index (Phi) is 5.31. The molecule has 1 aliphatic rings. The largest absolute Gasteiger partial charge is 0.466 e. The van der Waals surface area contributed by atoms with E-state index in [1.807, 2.05) is 0 Å². The molecule has 0 saturated heterocycles. The minimum absolute atomic E-state index is 0.0174. The van der Waals surface area contributed by atoms with E-state index in [1.165, 1.54) is 6.07 Å². The van der Waals surface area contributed by atoms with E-state index in [4.69, 9.17) is 4.74 Å². The van der Waals surface area contributed by atoms with Crippen LogP contribution in [0.4, 0.5) is 4.39 Å². The molecule has 1 N–H and O–H groups in total. The smallest absolute Gasteiger partial charge is 0.305 e. The second-order valence-electron chi connectivity index (χ2n) is 5.17. The van der Waals surface area contributed by atoms with Crippen molar-refractivity contribution >= 4 is 11.9 Å². The molecule has 0 bridgehead atoms. The Hall–Kier alpha value is -1.91. The molecule has 0 aromatic heterocycles. The lowest BCUT2D eigenvalue weighted by atomic mass is 10.1.